The average Bonchev–Trinajstić information content (AvgIpc) is 2.94. The number of amides is 1. The summed E-state index contributed by atoms with van der Waals surface area (Å²) in [4.78, 5) is 13.9. The quantitative estimate of drug-likeness (QED) is 0.575. The summed E-state index contributed by atoms with van der Waals surface area (Å²) in [7, 11) is 0. The molecule has 2 nitrogen and oxygen atoms in total. The van der Waals surface area contributed by atoms with E-state index in [-0.39, 0.29) is 0 Å². The summed E-state index contributed by atoms with van der Waals surface area (Å²) in [6.45, 7) is 1.05. The lowest BCUT2D eigenvalue weighted by Crippen LogP contribution is -2.38. The van der Waals surface area contributed by atoms with E-state index in [4.69, 9.17) is 0 Å². The minimum atomic E-state index is 0.435. The first-order valence-electron chi connectivity index (χ1n) is 5.17. The number of nitrogens with zero attached hydrogens (tertiary/aromatic N) is 1. The van der Waals surface area contributed by atoms with Crippen LogP contribution >= 0.6 is 0 Å². The third-order valence-corrected chi connectivity index (χ3v) is 3.47. The Labute approximate surface area is 72.9 Å². The first-order chi connectivity index (χ1) is 5.86. The van der Waals surface area contributed by atoms with Gasteiger partial charge in [-0.15, -0.1) is 0 Å². The molecule has 0 bridgehead atoms. The van der Waals surface area contributed by atoms with Crippen LogP contribution in [-0.2, 0) is 4.79 Å². The molecule has 0 aromatic carbocycles. The van der Waals surface area contributed by atoms with Crippen molar-refractivity contribution in [3.05, 3.63) is 0 Å². The summed E-state index contributed by atoms with van der Waals surface area (Å²) in [6, 6.07) is 0.673. The smallest absolute Gasteiger partial charge is 0.225 e. The van der Waals surface area contributed by atoms with Gasteiger partial charge in [-0.25, -0.2) is 0 Å². The molecule has 1 amide bonds. The van der Waals surface area contributed by atoms with E-state index in [0.717, 1.165) is 25.3 Å². The van der Waals surface area contributed by atoms with Gasteiger partial charge in [-0.1, -0.05) is 0 Å². The molecule has 0 aromatic heterocycles. The Morgan fingerprint density at radius 3 is 2.83 bits per heavy atom. The van der Waals surface area contributed by atoms with E-state index in [1.54, 1.807) is 0 Å². The summed E-state index contributed by atoms with van der Waals surface area (Å²) in [5, 5.41) is 0. The van der Waals surface area contributed by atoms with E-state index >= 15 is 0 Å². The molecule has 1 heterocycles. The van der Waals surface area contributed by atoms with Gasteiger partial charge in [0.25, 0.3) is 0 Å². The van der Waals surface area contributed by atoms with Crippen LogP contribution in [0.2, 0.25) is 0 Å². The highest BCUT2D eigenvalue weighted by Crippen LogP contribution is 2.45. The number of piperidine rings is 1. The zero-order valence-electron chi connectivity index (χ0n) is 7.33. The second-order valence-corrected chi connectivity index (χ2v) is 4.51. The molecule has 0 N–H and O–H groups in total. The van der Waals surface area contributed by atoms with Crippen molar-refractivity contribution < 1.29 is 4.79 Å². The van der Waals surface area contributed by atoms with Crippen LogP contribution in [0.3, 0.4) is 0 Å². The Morgan fingerprint density at radius 1 is 1.25 bits per heavy atom. The van der Waals surface area contributed by atoms with Crippen LogP contribution in [0.5, 0.6) is 0 Å². The minimum absolute atomic E-state index is 0.435. The highest BCUT2D eigenvalue weighted by molar-refractivity contribution is 5.81. The highest BCUT2D eigenvalue weighted by atomic mass is 16.2. The Morgan fingerprint density at radius 2 is 2.08 bits per heavy atom. The molecule has 12 heavy (non-hydrogen) atoms. The van der Waals surface area contributed by atoms with Crippen LogP contribution in [0.4, 0.5) is 0 Å². The third-order valence-electron chi connectivity index (χ3n) is 3.47. The molecular formula is C10H15NO. The van der Waals surface area contributed by atoms with Crippen molar-refractivity contribution in [2.45, 2.75) is 38.1 Å². The van der Waals surface area contributed by atoms with Gasteiger partial charge in [-0.2, -0.15) is 0 Å². The van der Waals surface area contributed by atoms with Gasteiger partial charge in [0.05, 0.1) is 0 Å². The maximum atomic E-state index is 11.7. The van der Waals surface area contributed by atoms with Crippen molar-refractivity contribution in [3.8, 4) is 0 Å². The van der Waals surface area contributed by atoms with Gasteiger partial charge in [0.15, 0.2) is 0 Å². The molecular weight excluding hydrogens is 150 g/mol. The molecule has 66 valence electrons. The van der Waals surface area contributed by atoms with Crippen molar-refractivity contribution in [2.24, 2.45) is 11.8 Å². The third kappa shape index (κ3) is 0.970. The van der Waals surface area contributed by atoms with Gasteiger partial charge in [-0.05, 0) is 38.0 Å². The van der Waals surface area contributed by atoms with E-state index in [2.05, 4.69) is 4.90 Å². The fourth-order valence-corrected chi connectivity index (χ4v) is 2.45. The topological polar surface area (TPSA) is 20.3 Å². The predicted molar refractivity (Wildman–Crippen MR) is 45.6 cm³/mol. The molecule has 2 aliphatic carbocycles. The van der Waals surface area contributed by atoms with Gasteiger partial charge in [-0.3, -0.25) is 4.79 Å². The molecule has 0 aromatic rings. The highest BCUT2D eigenvalue weighted by Gasteiger charge is 2.48. The predicted octanol–water partition coefficient (Wildman–Crippen LogP) is 1.41. The second kappa shape index (κ2) is 2.24. The van der Waals surface area contributed by atoms with Crippen LogP contribution < -0.4 is 0 Å². The maximum Gasteiger partial charge on any atom is 0.225 e. The molecule has 0 radical (unpaired) electrons. The number of likely N-dealkylation sites (tertiary alicyclic amines) is 1. The Hall–Kier alpha value is -0.530. The molecule has 3 fully saturated rings. The molecule has 2 unspecified atom stereocenters. The van der Waals surface area contributed by atoms with E-state index in [1.165, 1.54) is 19.3 Å². The Balaban J connectivity index is 1.70. The number of carbonyl (C=O) groups excluding carboxylic acids is 1. The van der Waals surface area contributed by atoms with E-state index in [9.17, 15) is 4.79 Å². The standard InChI is InChI=1S/C10H15NO/c12-10(7-3-4-7)11-5-1-2-8-6-9(8)11/h7-9H,1-6H2. The fraction of sp³-hybridized carbons (Fsp3) is 0.900. The van der Waals surface area contributed by atoms with E-state index < -0.39 is 0 Å². The first kappa shape index (κ1) is 6.93. The summed E-state index contributed by atoms with van der Waals surface area (Å²) >= 11 is 0. The largest absolute Gasteiger partial charge is 0.339 e. The monoisotopic (exact) mass is 165 g/mol. The molecule has 3 rings (SSSR count). The zero-order chi connectivity index (χ0) is 8.13. The number of hydrogen-bond donors (Lipinski definition) is 0. The van der Waals surface area contributed by atoms with Crippen LogP contribution in [0.1, 0.15) is 32.1 Å². The molecule has 2 heteroatoms. The molecule has 1 saturated heterocycles. The number of carbonyl (C=O) groups is 1. The number of fused-ring (bicyclic) bond motifs is 1. The van der Waals surface area contributed by atoms with Crippen LogP contribution in [0.25, 0.3) is 0 Å². The van der Waals surface area contributed by atoms with Crippen molar-refractivity contribution in [2.75, 3.05) is 6.54 Å². The molecule has 2 saturated carbocycles. The van der Waals surface area contributed by atoms with E-state index in [0.29, 0.717) is 17.9 Å². The average molecular weight is 165 g/mol. The van der Waals surface area contributed by atoms with Gasteiger partial charge < -0.3 is 4.90 Å². The van der Waals surface area contributed by atoms with Gasteiger partial charge in [0, 0.05) is 18.5 Å². The molecule has 0 spiro atoms. The lowest BCUT2D eigenvalue weighted by Gasteiger charge is -2.26. The molecule has 1 aliphatic heterocycles. The normalized spacial score (nSPS) is 39.2. The lowest BCUT2D eigenvalue weighted by atomic mass is 10.1. The molecule has 3 aliphatic rings. The zero-order valence-corrected chi connectivity index (χ0v) is 7.33. The summed E-state index contributed by atoms with van der Waals surface area (Å²) in [5.74, 6) is 1.80. The Bertz CT molecular complexity index is 222. The summed E-state index contributed by atoms with van der Waals surface area (Å²) < 4.78 is 0. The van der Waals surface area contributed by atoms with Crippen LogP contribution in [0, 0.1) is 11.8 Å². The van der Waals surface area contributed by atoms with Crippen molar-refractivity contribution in [1.82, 2.24) is 4.90 Å². The van der Waals surface area contributed by atoms with Gasteiger partial charge in [0.2, 0.25) is 5.91 Å². The summed E-state index contributed by atoms with van der Waals surface area (Å²) in [6.07, 6.45) is 6.25. The van der Waals surface area contributed by atoms with Crippen molar-refractivity contribution in [3.63, 3.8) is 0 Å². The number of rotatable bonds is 1. The van der Waals surface area contributed by atoms with Gasteiger partial charge in [0.1, 0.15) is 0 Å². The fourth-order valence-electron chi connectivity index (χ4n) is 2.45. The lowest BCUT2D eigenvalue weighted by molar-refractivity contribution is -0.134. The SMILES string of the molecule is O=C(C1CC1)N1CCCC2CC21. The maximum absolute atomic E-state index is 11.7. The Kier molecular flexibility index (Phi) is 1.29. The minimum Gasteiger partial charge on any atom is -0.339 e. The second-order valence-electron chi connectivity index (χ2n) is 4.51. The summed E-state index contributed by atoms with van der Waals surface area (Å²) in [5.41, 5.74) is 0. The van der Waals surface area contributed by atoms with Gasteiger partial charge >= 0.3 is 0 Å². The number of hydrogen-bond acceptors (Lipinski definition) is 1. The van der Waals surface area contributed by atoms with Crippen LogP contribution in [-0.4, -0.2) is 23.4 Å². The van der Waals surface area contributed by atoms with Crippen molar-refractivity contribution >= 4 is 5.91 Å². The first-order valence-corrected chi connectivity index (χ1v) is 5.17. The molecule has 2 atom stereocenters. The van der Waals surface area contributed by atoms with Crippen LogP contribution in [0.15, 0.2) is 0 Å². The van der Waals surface area contributed by atoms with E-state index in [1.807, 2.05) is 0 Å². The van der Waals surface area contributed by atoms with Crippen molar-refractivity contribution in [1.29, 1.82) is 0 Å².